The van der Waals surface area contributed by atoms with Crippen molar-refractivity contribution in [2.75, 3.05) is 0 Å². The summed E-state index contributed by atoms with van der Waals surface area (Å²) in [6.45, 7) is 6.37. The Kier molecular flexibility index (Phi) is 4.13. The first-order valence-electron chi connectivity index (χ1n) is 7.09. The van der Waals surface area contributed by atoms with Crippen molar-refractivity contribution in [3.8, 4) is 5.75 Å². The van der Waals surface area contributed by atoms with Crippen molar-refractivity contribution >= 4 is 5.84 Å². The first kappa shape index (κ1) is 13.9. The smallest absolute Gasteiger partial charge is 0.125 e. The van der Waals surface area contributed by atoms with Crippen LogP contribution in [0, 0.1) is 25.2 Å². The van der Waals surface area contributed by atoms with Crippen LogP contribution in [0.1, 0.15) is 49.3 Å². The van der Waals surface area contributed by atoms with Crippen molar-refractivity contribution in [1.29, 1.82) is 5.41 Å². The zero-order valence-electron chi connectivity index (χ0n) is 12.1. The van der Waals surface area contributed by atoms with Crippen LogP contribution >= 0.6 is 0 Å². The summed E-state index contributed by atoms with van der Waals surface area (Å²) in [5, 5.41) is 7.51. The molecule has 1 aromatic rings. The second kappa shape index (κ2) is 5.64. The zero-order valence-corrected chi connectivity index (χ0v) is 12.1. The second-order valence-corrected chi connectivity index (χ2v) is 5.85. The summed E-state index contributed by atoms with van der Waals surface area (Å²) in [7, 11) is 0. The minimum Gasteiger partial charge on any atom is -0.490 e. The van der Waals surface area contributed by atoms with E-state index in [1.165, 1.54) is 12.8 Å². The first-order chi connectivity index (χ1) is 8.97. The lowest BCUT2D eigenvalue weighted by Gasteiger charge is -2.28. The Morgan fingerprint density at radius 1 is 1.16 bits per heavy atom. The highest BCUT2D eigenvalue weighted by molar-refractivity contribution is 5.95. The van der Waals surface area contributed by atoms with E-state index < -0.39 is 0 Å². The van der Waals surface area contributed by atoms with Gasteiger partial charge in [-0.15, -0.1) is 0 Å². The van der Waals surface area contributed by atoms with E-state index in [1.54, 1.807) is 0 Å². The Morgan fingerprint density at radius 3 is 2.16 bits per heavy atom. The summed E-state index contributed by atoms with van der Waals surface area (Å²) >= 11 is 0. The molecule has 3 heteroatoms. The minimum atomic E-state index is 0.115. The number of nitrogens with two attached hydrogens (primary N) is 1. The van der Waals surface area contributed by atoms with Crippen molar-refractivity contribution < 1.29 is 4.74 Å². The summed E-state index contributed by atoms with van der Waals surface area (Å²) in [5.74, 6) is 1.93. The van der Waals surface area contributed by atoms with E-state index in [-0.39, 0.29) is 5.84 Å². The molecule has 0 saturated heterocycles. The lowest BCUT2D eigenvalue weighted by Crippen LogP contribution is -2.24. The lowest BCUT2D eigenvalue weighted by molar-refractivity contribution is 0.134. The molecule has 0 heterocycles. The van der Waals surface area contributed by atoms with Gasteiger partial charge in [-0.3, -0.25) is 5.41 Å². The van der Waals surface area contributed by atoms with Gasteiger partial charge in [-0.25, -0.2) is 0 Å². The van der Waals surface area contributed by atoms with Gasteiger partial charge in [0.2, 0.25) is 0 Å². The van der Waals surface area contributed by atoms with Gasteiger partial charge < -0.3 is 10.5 Å². The molecule has 1 saturated carbocycles. The van der Waals surface area contributed by atoms with Crippen LogP contribution in [0.2, 0.25) is 0 Å². The number of amidine groups is 1. The molecule has 0 radical (unpaired) electrons. The standard InChI is InChI=1S/C16H24N2O/c1-10-4-6-14(7-5-10)19-15-11(2)8-13(16(17)18)9-12(15)3/h8-10,14H,4-7H2,1-3H3,(H3,17,18). The van der Waals surface area contributed by atoms with Gasteiger partial charge in [-0.1, -0.05) is 6.92 Å². The van der Waals surface area contributed by atoms with Crippen LogP contribution in [0.15, 0.2) is 12.1 Å². The van der Waals surface area contributed by atoms with Crippen LogP contribution in [-0.4, -0.2) is 11.9 Å². The van der Waals surface area contributed by atoms with E-state index in [4.69, 9.17) is 15.9 Å². The Balaban J connectivity index is 2.14. The van der Waals surface area contributed by atoms with Crippen LogP contribution in [0.5, 0.6) is 5.75 Å². The number of hydrogen-bond donors (Lipinski definition) is 2. The van der Waals surface area contributed by atoms with Crippen LogP contribution in [0.3, 0.4) is 0 Å². The number of nitrogens with one attached hydrogen (secondary N) is 1. The fourth-order valence-corrected chi connectivity index (χ4v) is 2.81. The molecule has 2 rings (SSSR count). The van der Waals surface area contributed by atoms with Gasteiger partial charge in [0, 0.05) is 5.56 Å². The summed E-state index contributed by atoms with van der Waals surface area (Å²) in [4.78, 5) is 0. The summed E-state index contributed by atoms with van der Waals surface area (Å²) < 4.78 is 6.19. The average Bonchev–Trinajstić information content (AvgIpc) is 2.35. The van der Waals surface area contributed by atoms with Crippen LogP contribution in [0.25, 0.3) is 0 Å². The molecule has 0 spiro atoms. The summed E-state index contributed by atoms with van der Waals surface area (Å²) in [5.41, 5.74) is 8.47. The Morgan fingerprint density at radius 2 is 1.68 bits per heavy atom. The van der Waals surface area contributed by atoms with Crippen LogP contribution in [-0.2, 0) is 0 Å². The molecule has 0 aliphatic heterocycles. The zero-order chi connectivity index (χ0) is 14.0. The highest BCUT2D eigenvalue weighted by Gasteiger charge is 2.21. The molecule has 1 aromatic carbocycles. The first-order valence-corrected chi connectivity index (χ1v) is 7.09. The number of rotatable bonds is 3. The van der Waals surface area contributed by atoms with E-state index in [0.29, 0.717) is 6.10 Å². The third-order valence-corrected chi connectivity index (χ3v) is 4.02. The Bertz CT molecular complexity index is 451. The fraction of sp³-hybridized carbons (Fsp3) is 0.562. The fourth-order valence-electron chi connectivity index (χ4n) is 2.81. The molecule has 1 aliphatic rings. The van der Waals surface area contributed by atoms with Gasteiger partial charge in [0.15, 0.2) is 0 Å². The van der Waals surface area contributed by atoms with Gasteiger partial charge in [0.1, 0.15) is 11.6 Å². The largest absolute Gasteiger partial charge is 0.490 e. The van der Waals surface area contributed by atoms with E-state index >= 15 is 0 Å². The molecule has 104 valence electrons. The highest BCUT2D eigenvalue weighted by Crippen LogP contribution is 2.31. The molecule has 0 amide bonds. The molecular formula is C16H24N2O. The molecular weight excluding hydrogens is 236 g/mol. The quantitative estimate of drug-likeness (QED) is 0.645. The highest BCUT2D eigenvalue weighted by atomic mass is 16.5. The van der Waals surface area contributed by atoms with Gasteiger partial charge in [0.25, 0.3) is 0 Å². The predicted octanol–water partition coefficient (Wildman–Crippen LogP) is 3.55. The van der Waals surface area contributed by atoms with Gasteiger partial charge in [0.05, 0.1) is 6.10 Å². The number of ether oxygens (including phenoxy) is 1. The van der Waals surface area contributed by atoms with E-state index in [0.717, 1.165) is 41.2 Å². The number of aryl methyl sites for hydroxylation is 2. The van der Waals surface area contributed by atoms with E-state index in [2.05, 4.69) is 6.92 Å². The maximum atomic E-state index is 7.51. The Hall–Kier alpha value is -1.51. The predicted molar refractivity (Wildman–Crippen MR) is 79.0 cm³/mol. The summed E-state index contributed by atoms with van der Waals surface area (Å²) in [6.07, 6.45) is 5.16. The van der Waals surface area contributed by atoms with Gasteiger partial charge >= 0.3 is 0 Å². The molecule has 1 fully saturated rings. The summed E-state index contributed by atoms with van der Waals surface area (Å²) in [6, 6.07) is 3.88. The molecule has 3 N–H and O–H groups in total. The third-order valence-electron chi connectivity index (χ3n) is 4.02. The second-order valence-electron chi connectivity index (χ2n) is 5.85. The molecule has 1 aliphatic carbocycles. The Labute approximate surface area is 115 Å². The van der Waals surface area contributed by atoms with Crippen LogP contribution in [0.4, 0.5) is 0 Å². The maximum absolute atomic E-state index is 7.51. The van der Waals surface area contributed by atoms with Crippen molar-refractivity contribution in [3.05, 3.63) is 28.8 Å². The molecule has 0 unspecified atom stereocenters. The minimum absolute atomic E-state index is 0.115. The third kappa shape index (κ3) is 3.28. The van der Waals surface area contributed by atoms with Gasteiger partial charge in [-0.05, 0) is 68.7 Å². The van der Waals surface area contributed by atoms with Crippen molar-refractivity contribution in [1.82, 2.24) is 0 Å². The number of benzene rings is 1. The van der Waals surface area contributed by atoms with E-state index in [9.17, 15) is 0 Å². The maximum Gasteiger partial charge on any atom is 0.125 e. The van der Waals surface area contributed by atoms with Crippen molar-refractivity contribution in [2.45, 2.75) is 52.6 Å². The molecule has 0 atom stereocenters. The average molecular weight is 260 g/mol. The SMILES string of the molecule is Cc1cc(C(=N)N)cc(C)c1OC1CCC(C)CC1. The molecule has 19 heavy (non-hydrogen) atoms. The topological polar surface area (TPSA) is 59.1 Å². The van der Waals surface area contributed by atoms with Crippen molar-refractivity contribution in [3.63, 3.8) is 0 Å². The van der Waals surface area contributed by atoms with Crippen molar-refractivity contribution in [2.24, 2.45) is 11.7 Å². The molecule has 0 aromatic heterocycles. The number of hydrogen-bond acceptors (Lipinski definition) is 2. The molecule has 3 nitrogen and oxygen atoms in total. The molecule has 0 bridgehead atoms. The lowest BCUT2D eigenvalue weighted by atomic mass is 9.89. The monoisotopic (exact) mass is 260 g/mol. The van der Waals surface area contributed by atoms with E-state index in [1.807, 2.05) is 26.0 Å². The van der Waals surface area contributed by atoms with Crippen LogP contribution < -0.4 is 10.5 Å². The normalized spacial score (nSPS) is 23.1. The van der Waals surface area contributed by atoms with Gasteiger partial charge in [-0.2, -0.15) is 0 Å². The number of nitrogen functional groups attached to an aromatic ring is 1.